The fraction of sp³-hybridized carbons (Fsp3) is 0.444. The lowest BCUT2D eigenvalue weighted by Crippen LogP contribution is -2.48. The summed E-state index contributed by atoms with van der Waals surface area (Å²) >= 11 is 0. The summed E-state index contributed by atoms with van der Waals surface area (Å²) in [6.45, 7) is 2.82. The van der Waals surface area contributed by atoms with Crippen LogP contribution in [-0.2, 0) is 11.2 Å². The molecule has 0 spiro atoms. The topological polar surface area (TPSA) is 72.4 Å². The summed E-state index contributed by atoms with van der Waals surface area (Å²) < 4.78 is 5.75. The van der Waals surface area contributed by atoms with E-state index in [1.54, 1.807) is 6.20 Å². The number of nitrogens with two attached hydrogens (primary N) is 1. The Morgan fingerprint density at radius 3 is 2.91 bits per heavy atom. The summed E-state index contributed by atoms with van der Waals surface area (Å²) in [4.78, 5) is 18.6. The lowest BCUT2D eigenvalue weighted by Gasteiger charge is -2.36. The van der Waals surface area contributed by atoms with E-state index in [0.717, 1.165) is 30.7 Å². The molecule has 0 unspecified atom stereocenters. The predicted octanol–water partition coefficient (Wildman–Crippen LogP) is 2.61. The van der Waals surface area contributed by atoms with E-state index in [4.69, 9.17) is 10.2 Å². The second kappa shape index (κ2) is 6.96. The van der Waals surface area contributed by atoms with E-state index in [2.05, 4.69) is 11.9 Å². The lowest BCUT2D eigenvalue weighted by molar-refractivity contribution is -0.134. The molecule has 1 aromatic heterocycles. The molecule has 1 saturated heterocycles. The first-order valence-electron chi connectivity index (χ1n) is 8.18. The molecule has 0 radical (unpaired) electrons. The van der Waals surface area contributed by atoms with E-state index in [-0.39, 0.29) is 18.0 Å². The Hall–Kier alpha value is -2.14. The maximum atomic E-state index is 12.4. The van der Waals surface area contributed by atoms with Crippen molar-refractivity contribution in [2.45, 2.75) is 44.7 Å². The summed E-state index contributed by atoms with van der Waals surface area (Å²) in [5.41, 5.74) is 6.94. The Balaban J connectivity index is 1.56. The average Bonchev–Trinajstić information content (AvgIpc) is 3.02. The van der Waals surface area contributed by atoms with Crippen molar-refractivity contribution in [2.24, 2.45) is 5.73 Å². The average molecular weight is 313 g/mol. The minimum absolute atomic E-state index is 0.156. The van der Waals surface area contributed by atoms with Gasteiger partial charge in [0.1, 0.15) is 0 Å². The Morgan fingerprint density at radius 1 is 1.39 bits per heavy atom. The van der Waals surface area contributed by atoms with Crippen LogP contribution in [0.5, 0.6) is 0 Å². The molecule has 5 heteroatoms. The van der Waals surface area contributed by atoms with Crippen molar-refractivity contribution < 1.29 is 9.21 Å². The molecule has 1 aliphatic rings. The van der Waals surface area contributed by atoms with Gasteiger partial charge in [0.25, 0.3) is 0 Å². The van der Waals surface area contributed by atoms with Crippen LogP contribution in [0.25, 0.3) is 11.3 Å². The number of nitrogens with zero attached hydrogens (tertiary/aromatic N) is 2. The summed E-state index contributed by atoms with van der Waals surface area (Å²) in [7, 11) is 0. The maximum absolute atomic E-state index is 12.4. The first-order valence-corrected chi connectivity index (χ1v) is 8.18. The van der Waals surface area contributed by atoms with Gasteiger partial charge < -0.3 is 15.1 Å². The van der Waals surface area contributed by atoms with E-state index in [9.17, 15) is 4.79 Å². The standard InChI is InChI=1S/C18H23N3O2/c1-13-11-15(19)9-10-21(13)18(22)8-7-17-20-12-16(23-17)14-5-3-2-4-6-14/h2-6,12-13,15H,7-11,19H2,1H3/t13-,15+/m0/s1. The van der Waals surface area contributed by atoms with Gasteiger partial charge in [-0.15, -0.1) is 0 Å². The molecule has 0 bridgehead atoms. The molecule has 122 valence electrons. The first kappa shape index (κ1) is 15.7. The lowest BCUT2D eigenvalue weighted by atomic mass is 9.98. The molecular formula is C18H23N3O2. The minimum atomic E-state index is 0.156. The number of hydrogen-bond donors (Lipinski definition) is 1. The van der Waals surface area contributed by atoms with Crippen LogP contribution in [0.3, 0.4) is 0 Å². The Labute approximate surface area is 136 Å². The van der Waals surface area contributed by atoms with E-state index >= 15 is 0 Å². The molecule has 1 aromatic carbocycles. The zero-order valence-corrected chi connectivity index (χ0v) is 13.4. The molecule has 0 saturated carbocycles. The highest BCUT2D eigenvalue weighted by Gasteiger charge is 2.26. The number of likely N-dealkylation sites (tertiary alicyclic amines) is 1. The van der Waals surface area contributed by atoms with Gasteiger partial charge in [0, 0.05) is 37.0 Å². The molecular weight excluding hydrogens is 290 g/mol. The van der Waals surface area contributed by atoms with Crippen molar-refractivity contribution in [1.29, 1.82) is 0 Å². The molecule has 2 heterocycles. The molecule has 1 amide bonds. The molecule has 1 fully saturated rings. The van der Waals surface area contributed by atoms with Gasteiger partial charge in [0.15, 0.2) is 11.7 Å². The second-order valence-corrected chi connectivity index (χ2v) is 6.20. The van der Waals surface area contributed by atoms with Crippen LogP contribution in [0.1, 0.15) is 32.1 Å². The predicted molar refractivity (Wildman–Crippen MR) is 88.6 cm³/mol. The van der Waals surface area contributed by atoms with Crippen LogP contribution in [0, 0.1) is 0 Å². The third-order valence-electron chi connectivity index (χ3n) is 4.40. The molecule has 5 nitrogen and oxygen atoms in total. The van der Waals surface area contributed by atoms with Crippen molar-refractivity contribution in [2.75, 3.05) is 6.54 Å². The van der Waals surface area contributed by atoms with Gasteiger partial charge in [-0.25, -0.2) is 4.98 Å². The van der Waals surface area contributed by atoms with Crippen molar-refractivity contribution >= 4 is 5.91 Å². The van der Waals surface area contributed by atoms with Crippen LogP contribution in [0.2, 0.25) is 0 Å². The Morgan fingerprint density at radius 2 is 2.17 bits per heavy atom. The van der Waals surface area contributed by atoms with Gasteiger partial charge >= 0.3 is 0 Å². The molecule has 2 N–H and O–H groups in total. The zero-order valence-electron chi connectivity index (χ0n) is 13.4. The second-order valence-electron chi connectivity index (χ2n) is 6.20. The minimum Gasteiger partial charge on any atom is -0.441 e. The first-order chi connectivity index (χ1) is 11.1. The number of amides is 1. The Kier molecular flexibility index (Phi) is 4.76. The van der Waals surface area contributed by atoms with Crippen molar-refractivity contribution in [1.82, 2.24) is 9.88 Å². The van der Waals surface area contributed by atoms with E-state index < -0.39 is 0 Å². The largest absolute Gasteiger partial charge is 0.441 e. The quantitative estimate of drug-likeness (QED) is 0.941. The van der Waals surface area contributed by atoms with Crippen LogP contribution in [0.4, 0.5) is 0 Å². The van der Waals surface area contributed by atoms with Gasteiger partial charge in [-0.2, -0.15) is 0 Å². The summed E-state index contributed by atoms with van der Waals surface area (Å²) in [5, 5.41) is 0. The number of aryl methyl sites for hydroxylation is 1. The van der Waals surface area contributed by atoms with Crippen molar-refractivity contribution in [3.8, 4) is 11.3 Å². The summed E-state index contributed by atoms with van der Waals surface area (Å²) in [6.07, 6.45) is 4.43. The highest BCUT2D eigenvalue weighted by atomic mass is 16.4. The highest BCUT2D eigenvalue weighted by Crippen LogP contribution is 2.21. The normalized spacial score (nSPS) is 21.4. The number of benzene rings is 1. The smallest absolute Gasteiger partial charge is 0.223 e. The zero-order chi connectivity index (χ0) is 16.2. The van der Waals surface area contributed by atoms with Crippen LogP contribution < -0.4 is 5.73 Å². The summed E-state index contributed by atoms with van der Waals surface area (Å²) in [6, 6.07) is 10.3. The number of carbonyl (C=O) groups is 1. The third-order valence-corrected chi connectivity index (χ3v) is 4.40. The fourth-order valence-corrected chi connectivity index (χ4v) is 3.10. The van der Waals surface area contributed by atoms with Gasteiger partial charge in [-0.3, -0.25) is 4.79 Å². The number of carbonyl (C=O) groups excluding carboxylic acids is 1. The van der Waals surface area contributed by atoms with Gasteiger partial charge in [0.05, 0.1) is 6.20 Å². The monoisotopic (exact) mass is 313 g/mol. The van der Waals surface area contributed by atoms with E-state index in [1.165, 1.54) is 0 Å². The van der Waals surface area contributed by atoms with Crippen molar-refractivity contribution in [3.63, 3.8) is 0 Å². The van der Waals surface area contributed by atoms with Gasteiger partial charge in [-0.05, 0) is 19.8 Å². The molecule has 2 aromatic rings. The molecule has 1 aliphatic heterocycles. The fourth-order valence-electron chi connectivity index (χ4n) is 3.10. The third kappa shape index (κ3) is 3.79. The SMILES string of the molecule is C[C@H]1C[C@H](N)CCN1C(=O)CCc1ncc(-c2ccccc2)o1. The Bertz CT molecular complexity index is 653. The maximum Gasteiger partial charge on any atom is 0.223 e. The molecule has 0 aliphatic carbocycles. The summed E-state index contributed by atoms with van der Waals surface area (Å²) in [5.74, 6) is 1.51. The van der Waals surface area contributed by atoms with E-state index in [1.807, 2.05) is 35.2 Å². The van der Waals surface area contributed by atoms with Gasteiger partial charge in [0.2, 0.25) is 5.91 Å². The van der Waals surface area contributed by atoms with Crippen LogP contribution in [-0.4, -0.2) is 34.4 Å². The highest BCUT2D eigenvalue weighted by molar-refractivity contribution is 5.76. The molecule has 23 heavy (non-hydrogen) atoms. The van der Waals surface area contributed by atoms with Crippen LogP contribution >= 0.6 is 0 Å². The van der Waals surface area contributed by atoms with Gasteiger partial charge in [-0.1, -0.05) is 30.3 Å². The number of piperidine rings is 1. The number of oxazole rings is 1. The number of aromatic nitrogens is 1. The van der Waals surface area contributed by atoms with E-state index in [0.29, 0.717) is 18.7 Å². The molecule has 3 rings (SSSR count). The van der Waals surface area contributed by atoms with Crippen LogP contribution in [0.15, 0.2) is 40.9 Å². The van der Waals surface area contributed by atoms with Crippen molar-refractivity contribution in [3.05, 3.63) is 42.4 Å². The number of hydrogen-bond acceptors (Lipinski definition) is 4. The number of rotatable bonds is 4. The molecule has 2 atom stereocenters.